The molecule has 0 aromatic carbocycles. The van der Waals surface area contributed by atoms with E-state index in [4.69, 9.17) is 4.74 Å². The molecule has 0 aliphatic heterocycles. The zero-order valence-corrected chi connectivity index (χ0v) is 13.1. The summed E-state index contributed by atoms with van der Waals surface area (Å²) in [4.78, 5) is 17.1. The van der Waals surface area contributed by atoms with E-state index in [0.29, 0.717) is 4.88 Å². The van der Waals surface area contributed by atoms with Gasteiger partial charge in [-0.25, -0.2) is 4.98 Å². The standard InChI is InChI=1S/C14H22N2O2S/c1-6-11-15-8-9(19-11)12(17)16-10-7-14(4,18-5)13(10,2)3/h8,10H,6-7H2,1-5H3,(H,16,17)/t10-,14+/m1/s1. The van der Waals surface area contributed by atoms with Gasteiger partial charge >= 0.3 is 0 Å². The van der Waals surface area contributed by atoms with Crippen molar-refractivity contribution in [2.75, 3.05) is 7.11 Å². The van der Waals surface area contributed by atoms with Crippen LogP contribution in [0.2, 0.25) is 0 Å². The van der Waals surface area contributed by atoms with Gasteiger partial charge in [0.25, 0.3) is 5.91 Å². The van der Waals surface area contributed by atoms with Gasteiger partial charge in [-0.15, -0.1) is 11.3 Å². The minimum absolute atomic E-state index is 0.0200. The largest absolute Gasteiger partial charge is 0.378 e. The van der Waals surface area contributed by atoms with Gasteiger partial charge in [-0.2, -0.15) is 0 Å². The second kappa shape index (κ2) is 4.87. The summed E-state index contributed by atoms with van der Waals surface area (Å²) >= 11 is 1.47. The Labute approximate surface area is 118 Å². The number of amides is 1. The summed E-state index contributed by atoms with van der Waals surface area (Å²) in [7, 11) is 1.73. The average Bonchev–Trinajstić information content (AvgIpc) is 2.86. The quantitative estimate of drug-likeness (QED) is 0.923. The molecule has 1 N–H and O–H groups in total. The highest BCUT2D eigenvalue weighted by molar-refractivity contribution is 7.13. The van der Waals surface area contributed by atoms with Crippen molar-refractivity contribution in [3.05, 3.63) is 16.1 Å². The molecule has 2 rings (SSSR count). The van der Waals surface area contributed by atoms with E-state index < -0.39 is 0 Å². The molecule has 2 atom stereocenters. The first-order valence-electron chi connectivity index (χ1n) is 6.65. The number of aryl methyl sites for hydroxylation is 1. The van der Waals surface area contributed by atoms with E-state index in [-0.39, 0.29) is 23.0 Å². The van der Waals surface area contributed by atoms with Gasteiger partial charge < -0.3 is 10.1 Å². The number of hydrogen-bond acceptors (Lipinski definition) is 4. The van der Waals surface area contributed by atoms with E-state index in [1.54, 1.807) is 13.3 Å². The summed E-state index contributed by atoms with van der Waals surface area (Å²) < 4.78 is 5.57. The molecule has 1 aromatic rings. The highest BCUT2D eigenvalue weighted by Gasteiger charge is 2.58. The summed E-state index contributed by atoms with van der Waals surface area (Å²) in [6.07, 6.45) is 3.39. The molecule has 1 fully saturated rings. The van der Waals surface area contributed by atoms with Gasteiger partial charge in [-0.3, -0.25) is 4.79 Å². The van der Waals surface area contributed by atoms with Crippen molar-refractivity contribution in [2.24, 2.45) is 5.41 Å². The number of ether oxygens (including phenoxy) is 1. The van der Waals surface area contributed by atoms with Crippen molar-refractivity contribution in [1.82, 2.24) is 10.3 Å². The molecule has 5 heteroatoms. The Bertz CT molecular complexity index is 484. The van der Waals surface area contributed by atoms with Crippen molar-refractivity contribution in [3.63, 3.8) is 0 Å². The third-order valence-electron chi connectivity index (χ3n) is 4.66. The van der Waals surface area contributed by atoms with Gasteiger partial charge in [-0.1, -0.05) is 20.8 Å². The zero-order chi connectivity index (χ0) is 14.3. The van der Waals surface area contributed by atoms with Crippen molar-refractivity contribution in [2.45, 2.75) is 52.2 Å². The van der Waals surface area contributed by atoms with Crippen LogP contribution < -0.4 is 5.32 Å². The zero-order valence-electron chi connectivity index (χ0n) is 12.2. The van der Waals surface area contributed by atoms with E-state index in [9.17, 15) is 4.79 Å². The molecule has 1 aliphatic carbocycles. The van der Waals surface area contributed by atoms with Crippen LogP contribution in [0.4, 0.5) is 0 Å². The molecule has 4 nitrogen and oxygen atoms in total. The Kier molecular flexibility index (Phi) is 3.71. The first-order valence-corrected chi connectivity index (χ1v) is 7.46. The summed E-state index contributed by atoms with van der Waals surface area (Å²) in [5.41, 5.74) is -0.219. The van der Waals surface area contributed by atoms with Gasteiger partial charge in [0.2, 0.25) is 0 Å². The Balaban J connectivity index is 2.01. The first-order chi connectivity index (χ1) is 8.84. The molecule has 0 radical (unpaired) electrons. The molecule has 1 aromatic heterocycles. The third kappa shape index (κ3) is 2.30. The summed E-state index contributed by atoms with van der Waals surface area (Å²) in [5, 5.41) is 4.10. The molecule has 0 bridgehead atoms. The summed E-state index contributed by atoms with van der Waals surface area (Å²) in [5.74, 6) is -0.0200. The highest BCUT2D eigenvalue weighted by atomic mass is 32.1. The predicted molar refractivity (Wildman–Crippen MR) is 76.6 cm³/mol. The lowest BCUT2D eigenvalue weighted by Crippen LogP contribution is -2.68. The lowest BCUT2D eigenvalue weighted by molar-refractivity contribution is -0.177. The van der Waals surface area contributed by atoms with E-state index in [2.05, 4.69) is 31.1 Å². The van der Waals surface area contributed by atoms with Crippen molar-refractivity contribution >= 4 is 17.2 Å². The number of nitrogens with one attached hydrogen (secondary N) is 1. The third-order valence-corrected chi connectivity index (χ3v) is 5.80. The Morgan fingerprint density at radius 1 is 1.58 bits per heavy atom. The van der Waals surface area contributed by atoms with Crippen LogP contribution in [0.5, 0.6) is 0 Å². The lowest BCUT2D eigenvalue weighted by atomic mass is 9.56. The number of carbonyl (C=O) groups is 1. The summed E-state index contributed by atoms with van der Waals surface area (Å²) in [6, 6.07) is 0.150. The van der Waals surface area contributed by atoms with Crippen LogP contribution in [0.15, 0.2) is 6.20 Å². The van der Waals surface area contributed by atoms with Gasteiger partial charge in [0.1, 0.15) is 4.88 Å². The van der Waals surface area contributed by atoms with Gasteiger partial charge in [-0.05, 0) is 19.8 Å². The average molecular weight is 282 g/mol. The molecule has 106 valence electrons. The van der Waals surface area contributed by atoms with Crippen molar-refractivity contribution < 1.29 is 9.53 Å². The molecule has 0 saturated heterocycles. The van der Waals surface area contributed by atoms with Gasteiger partial charge in [0, 0.05) is 18.6 Å². The monoisotopic (exact) mass is 282 g/mol. The Morgan fingerprint density at radius 2 is 2.26 bits per heavy atom. The number of thiazole rings is 1. The fourth-order valence-electron chi connectivity index (χ4n) is 2.53. The molecule has 19 heavy (non-hydrogen) atoms. The number of carbonyl (C=O) groups excluding carboxylic acids is 1. The topological polar surface area (TPSA) is 51.2 Å². The number of nitrogens with zero attached hydrogens (tertiary/aromatic N) is 1. The minimum atomic E-state index is -0.159. The second-order valence-electron chi connectivity index (χ2n) is 5.86. The van der Waals surface area contributed by atoms with Crippen molar-refractivity contribution in [3.8, 4) is 0 Å². The van der Waals surface area contributed by atoms with E-state index in [1.807, 2.05) is 6.92 Å². The first kappa shape index (κ1) is 14.5. The molecular formula is C14H22N2O2S. The summed E-state index contributed by atoms with van der Waals surface area (Å²) in [6.45, 7) is 8.40. The normalized spacial score (nSPS) is 28.8. The van der Waals surface area contributed by atoms with Crippen LogP contribution in [-0.2, 0) is 11.2 Å². The predicted octanol–water partition coefficient (Wildman–Crippen LogP) is 2.64. The number of methoxy groups -OCH3 is 1. The van der Waals surface area contributed by atoms with Crippen molar-refractivity contribution in [1.29, 1.82) is 0 Å². The number of aromatic nitrogens is 1. The maximum atomic E-state index is 12.2. The van der Waals surface area contributed by atoms with E-state index in [1.165, 1.54) is 11.3 Å². The number of rotatable bonds is 4. The fraction of sp³-hybridized carbons (Fsp3) is 0.714. The van der Waals surface area contributed by atoms with Crippen LogP contribution in [0.25, 0.3) is 0 Å². The van der Waals surface area contributed by atoms with Gasteiger partial charge in [0.15, 0.2) is 0 Å². The van der Waals surface area contributed by atoms with E-state index in [0.717, 1.165) is 17.8 Å². The van der Waals surface area contributed by atoms with Crippen LogP contribution in [0.3, 0.4) is 0 Å². The number of hydrogen-bond donors (Lipinski definition) is 1. The SMILES string of the molecule is CCc1ncc(C(=O)N[C@@H]2C[C@](C)(OC)C2(C)C)s1. The van der Waals surface area contributed by atoms with Gasteiger partial charge in [0.05, 0.1) is 16.8 Å². The molecular weight excluding hydrogens is 260 g/mol. The highest BCUT2D eigenvalue weighted by Crippen LogP contribution is 2.51. The molecule has 1 aliphatic rings. The molecule has 1 saturated carbocycles. The van der Waals surface area contributed by atoms with Crippen LogP contribution >= 0.6 is 11.3 Å². The van der Waals surface area contributed by atoms with Crippen LogP contribution in [-0.4, -0.2) is 29.6 Å². The van der Waals surface area contributed by atoms with Crippen LogP contribution in [0, 0.1) is 5.41 Å². The Morgan fingerprint density at radius 3 is 2.74 bits per heavy atom. The Hall–Kier alpha value is -0.940. The minimum Gasteiger partial charge on any atom is -0.378 e. The van der Waals surface area contributed by atoms with Crippen LogP contribution in [0.1, 0.15) is 48.8 Å². The molecule has 0 spiro atoms. The maximum absolute atomic E-state index is 12.2. The molecule has 1 heterocycles. The fourth-order valence-corrected chi connectivity index (χ4v) is 3.29. The smallest absolute Gasteiger partial charge is 0.263 e. The molecule has 1 amide bonds. The molecule has 0 unspecified atom stereocenters. The second-order valence-corrected chi connectivity index (χ2v) is 6.97. The lowest BCUT2D eigenvalue weighted by Gasteiger charge is -2.59. The van der Waals surface area contributed by atoms with E-state index >= 15 is 0 Å². The maximum Gasteiger partial charge on any atom is 0.263 e.